The van der Waals surface area contributed by atoms with Crippen LogP contribution in [0.5, 0.6) is 5.75 Å². The van der Waals surface area contributed by atoms with Gasteiger partial charge in [0.15, 0.2) is 5.13 Å². The number of rotatable bonds is 5. The largest absolute Gasteiger partial charge is 0.492 e. The summed E-state index contributed by atoms with van der Waals surface area (Å²) in [4.78, 5) is 4.67. The number of benzene rings is 1. The summed E-state index contributed by atoms with van der Waals surface area (Å²) in [5.41, 5.74) is 0.967. The van der Waals surface area contributed by atoms with E-state index in [4.69, 9.17) is 9.47 Å². The smallest absolute Gasteiger partial charge is 0.183 e. The number of nitrogens with one attached hydrogen (secondary N) is 1. The van der Waals surface area contributed by atoms with E-state index in [9.17, 15) is 0 Å². The Balaban J connectivity index is 1.70. The van der Waals surface area contributed by atoms with Gasteiger partial charge in [-0.05, 0) is 37.8 Å². The molecular weight excluding hydrogens is 272 g/mol. The molecule has 0 spiro atoms. The molecular formula is C15H20N2O2S. The molecule has 20 heavy (non-hydrogen) atoms. The van der Waals surface area contributed by atoms with Gasteiger partial charge in [-0.15, -0.1) is 0 Å². The van der Waals surface area contributed by atoms with Crippen LogP contribution in [-0.2, 0) is 4.74 Å². The molecule has 1 aromatic carbocycles. The van der Waals surface area contributed by atoms with Crippen LogP contribution in [0.15, 0.2) is 18.2 Å². The second kappa shape index (κ2) is 6.41. The highest BCUT2D eigenvalue weighted by molar-refractivity contribution is 7.22. The van der Waals surface area contributed by atoms with E-state index < -0.39 is 0 Å². The second-order valence-corrected chi connectivity index (χ2v) is 6.02. The van der Waals surface area contributed by atoms with E-state index in [0.29, 0.717) is 12.5 Å². The normalized spacial score (nSPS) is 16.4. The van der Waals surface area contributed by atoms with E-state index in [1.807, 2.05) is 19.1 Å². The standard InChI is InChI=1S/C15H20N2O2S/c1-2-19-12-4-3-5-13-14(12)17-15(20-13)16-10-11-6-8-18-9-7-11/h3-5,11H,2,6-10H2,1H3,(H,16,17). The minimum Gasteiger partial charge on any atom is -0.492 e. The predicted octanol–water partition coefficient (Wildman–Crippen LogP) is 3.53. The van der Waals surface area contributed by atoms with Crippen LogP contribution in [0.4, 0.5) is 5.13 Å². The number of anilines is 1. The monoisotopic (exact) mass is 292 g/mol. The van der Waals surface area contributed by atoms with Crippen LogP contribution in [0.2, 0.25) is 0 Å². The van der Waals surface area contributed by atoms with Crippen molar-refractivity contribution in [2.45, 2.75) is 19.8 Å². The summed E-state index contributed by atoms with van der Waals surface area (Å²) < 4.78 is 12.2. The van der Waals surface area contributed by atoms with Crippen LogP contribution in [-0.4, -0.2) is 31.3 Å². The summed E-state index contributed by atoms with van der Waals surface area (Å²) in [6.07, 6.45) is 2.28. The van der Waals surface area contributed by atoms with Crippen LogP contribution in [0.25, 0.3) is 10.2 Å². The van der Waals surface area contributed by atoms with Gasteiger partial charge >= 0.3 is 0 Å². The third kappa shape index (κ3) is 3.04. The Kier molecular flexibility index (Phi) is 4.38. The van der Waals surface area contributed by atoms with E-state index >= 15 is 0 Å². The van der Waals surface area contributed by atoms with Crippen molar-refractivity contribution in [1.82, 2.24) is 4.98 Å². The molecule has 108 valence electrons. The minimum atomic E-state index is 0.668. The van der Waals surface area contributed by atoms with Crippen LogP contribution >= 0.6 is 11.3 Å². The average molecular weight is 292 g/mol. The fourth-order valence-corrected chi connectivity index (χ4v) is 3.34. The van der Waals surface area contributed by atoms with Crippen LogP contribution in [0, 0.1) is 5.92 Å². The van der Waals surface area contributed by atoms with Crippen molar-refractivity contribution in [3.05, 3.63) is 18.2 Å². The lowest BCUT2D eigenvalue weighted by Crippen LogP contribution is -2.22. The number of aromatic nitrogens is 1. The molecule has 0 bridgehead atoms. The molecule has 2 heterocycles. The zero-order valence-corrected chi connectivity index (χ0v) is 12.5. The van der Waals surface area contributed by atoms with Crippen LogP contribution in [0.3, 0.4) is 0 Å². The van der Waals surface area contributed by atoms with Crippen molar-refractivity contribution in [3.8, 4) is 5.75 Å². The Morgan fingerprint density at radius 3 is 3.05 bits per heavy atom. The van der Waals surface area contributed by atoms with E-state index in [2.05, 4.69) is 16.4 Å². The molecule has 0 saturated carbocycles. The van der Waals surface area contributed by atoms with Crippen molar-refractivity contribution < 1.29 is 9.47 Å². The molecule has 0 aliphatic carbocycles. The number of hydrogen-bond donors (Lipinski definition) is 1. The maximum atomic E-state index is 5.63. The lowest BCUT2D eigenvalue weighted by atomic mass is 10.0. The molecule has 1 saturated heterocycles. The van der Waals surface area contributed by atoms with Gasteiger partial charge in [0.2, 0.25) is 0 Å². The fourth-order valence-electron chi connectivity index (χ4n) is 2.45. The quantitative estimate of drug-likeness (QED) is 0.915. The summed E-state index contributed by atoms with van der Waals surface area (Å²) in [6, 6.07) is 6.09. The van der Waals surface area contributed by atoms with Gasteiger partial charge in [-0.1, -0.05) is 17.4 Å². The lowest BCUT2D eigenvalue weighted by Gasteiger charge is -2.21. The average Bonchev–Trinajstić information content (AvgIpc) is 2.91. The van der Waals surface area contributed by atoms with Crippen LogP contribution in [0.1, 0.15) is 19.8 Å². The van der Waals surface area contributed by atoms with Gasteiger partial charge in [0.1, 0.15) is 11.3 Å². The first-order valence-corrected chi connectivity index (χ1v) is 8.02. The molecule has 2 aromatic rings. The summed E-state index contributed by atoms with van der Waals surface area (Å²) >= 11 is 1.69. The molecule has 1 aliphatic heterocycles. The molecule has 1 fully saturated rings. The number of para-hydroxylation sites is 1. The van der Waals surface area contributed by atoms with Gasteiger partial charge in [0, 0.05) is 19.8 Å². The van der Waals surface area contributed by atoms with Crippen LogP contribution < -0.4 is 10.1 Å². The maximum Gasteiger partial charge on any atom is 0.183 e. The Morgan fingerprint density at radius 2 is 2.25 bits per heavy atom. The number of fused-ring (bicyclic) bond motifs is 1. The topological polar surface area (TPSA) is 43.4 Å². The molecule has 0 atom stereocenters. The predicted molar refractivity (Wildman–Crippen MR) is 82.8 cm³/mol. The highest BCUT2D eigenvalue weighted by Gasteiger charge is 2.15. The SMILES string of the molecule is CCOc1cccc2sc(NCC3CCOCC3)nc12. The summed E-state index contributed by atoms with van der Waals surface area (Å²) in [5, 5.41) is 4.45. The number of thiazole rings is 1. The minimum absolute atomic E-state index is 0.668. The van der Waals surface area contributed by atoms with Gasteiger partial charge in [-0.2, -0.15) is 0 Å². The van der Waals surface area contributed by atoms with E-state index in [0.717, 1.165) is 49.0 Å². The molecule has 3 rings (SSSR count). The molecule has 4 nitrogen and oxygen atoms in total. The molecule has 0 amide bonds. The Morgan fingerprint density at radius 1 is 1.40 bits per heavy atom. The third-order valence-corrected chi connectivity index (χ3v) is 4.54. The molecule has 0 radical (unpaired) electrons. The van der Waals surface area contributed by atoms with Gasteiger partial charge in [-0.25, -0.2) is 4.98 Å². The van der Waals surface area contributed by atoms with Gasteiger partial charge in [0.05, 0.1) is 11.3 Å². The highest BCUT2D eigenvalue weighted by atomic mass is 32.1. The second-order valence-electron chi connectivity index (χ2n) is 4.99. The Labute approximate surface area is 123 Å². The van der Waals surface area contributed by atoms with Crippen molar-refractivity contribution in [2.24, 2.45) is 5.92 Å². The van der Waals surface area contributed by atoms with Gasteiger partial charge in [0.25, 0.3) is 0 Å². The number of nitrogens with zero attached hydrogens (tertiary/aromatic N) is 1. The van der Waals surface area contributed by atoms with Crippen molar-refractivity contribution in [1.29, 1.82) is 0 Å². The molecule has 1 N–H and O–H groups in total. The van der Waals surface area contributed by atoms with Crippen molar-refractivity contribution >= 4 is 26.7 Å². The maximum absolute atomic E-state index is 5.63. The van der Waals surface area contributed by atoms with Gasteiger partial charge in [-0.3, -0.25) is 0 Å². The zero-order valence-electron chi connectivity index (χ0n) is 11.7. The molecule has 5 heteroatoms. The fraction of sp³-hybridized carbons (Fsp3) is 0.533. The van der Waals surface area contributed by atoms with E-state index in [1.165, 1.54) is 4.70 Å². The summed E-state index contributed by atoms with van der Waals surface area (Å²) in [7, 11) is 0. The van der Waals surface area contributed by atoms with Crippen molar-refractivity contribution in [3.63, 3.8) is 0 Å². The van der Waals surface area contributed by atoms with E-state index in [-0.39, 0.29) is 0 Å². The van der Waals surface area contributed by atoms with E-state index in [1.54, 1.807) is 11.3 Å². The molecule has 1 aliphatic rings. The first-order valence-electron chi connectivity index (χ1n) is 7.21. The zero-order chi connectivity index (χ0) is 13.8. The number of ether oxygens (including phenoxy) is 2. The first-order chi connectivity index (χ1) is 9.86. The molecule has 1 aromatic heterocycles. The Bertz CT molecular complexity index is 564. The molecule has 0 unspecified atom stereocenters. The summed E-state index contributed by atoms with van der Waals surface area (Å²) in [6.45, 7) is 5.42. The Hall–Kier alpha value is -1.33. The summed E-state index contributed by atoms with van der Waals surface area (Å²) in [5.74, 6) is 1.57. The number of hydrogen-bond acceptors (Lipinski definition) is 5. The van der Waals surface area contributed by atoms with Crippen molar-refractivity contribution in [2.75, 3.05) is 31.7 Å². The third-order valence-electron chi connectivity index (χ3n) is 3.56. The highest BCUT2D eigenvalue weighted by Crippen LogP contribution is 2.32. The van der Waals surface area contributed by atoms with Gasteiger partial charge < -0.3 is 14.8 Å². The lowest BCUT2D eigenvalue weighted by molar-refractivity contribution is 0.0699. The first kappa shape index (κ1) is 13.6.